The van der Waals surface area contributed by atoms with Crippen LogP contribution in [0.4, 0.5) is 14.6 Å². The van der Waals surface area contributed by atoms with Crippen LogP contribution in [0.3, 0.4) is 0 Å². The summed E-state index contributed by atoms with van der Waals surface area (Å²) < 4.78 is 26.2. The fourth-order valence-electron chi connectivity index (χ4n) is 1.89. The molecule has 1 aromatic heterocycles. The first-order valence-electron chi connectivity index (χ1n) is 5.87. The number of anilines is 1. The molecule has 3 N–H and O–H groups in total. The average Bonchev–Trinajstić information content (AvgIpc) is 2.36. The van der Waals surface area contributed by atoms with E-state index in [2.05, 4.69) is 4.98 Å². The Morgan fingerprint density at radius 2 is 1.89 bits per heavy atom. The summed E-state index contributed by atoms with van der Waals surface area (Å²) in [6.45, 7) is 0. The molecule has 1 aromatic carbocycles. The van der Waals surface area contributed by atoms with Crippen molar-refractivity contribution in [2.45, 2.75) is 18.9 Å². The normalized spacial score (nSPS) is 12.4. The van der Waals surface area contributed by atoms with Crippen molar-refractivity contribution in [3.05, 3.63) is 59.3 Å². The summed E-state index contributed by atoms with van der Waals surface area (Å²) in [6.07, 6.45) is 1.13. The SMILES string of the molecule is Nc1ncccc1CC(O)Cc1ccc(F)cc1F. The molecule has 0 aliphatic carbocycles. The number of pyridine rings is 1. The summed E-state index contributed by atoms with van der Waals surface area (Å²) in [5, 5.41) is 9.93. The smallest absolute Gasteiger partial charge is 0.129 e. The van der Waals surface area contributed by atoms with Crippen molar-refractivity contribution >= 4 is 5.82 Å². The zero-order chi connectivity index (χ0) is 13.8. The van der Waals surface area contributed by atoms with E-state index in [0.717, 1.165) is 6.07 Å². The van der Waals surface area contributed by atoms with Gasteiger partial charge in [0.15, 0.2) is 0 Å². The van der Waals surface area contributed by atoms with Crippen LogP contribution in [0.1, 0.15) is 11.1 Å². The van der Waals surface area contributed by atoms with Crippen LogP contribution in [0.15, 0.2) is 36.5 Å². The molecule has 0 fully saturated rings. The van der Waals surface area contributed by atoms with Crippen LogP contribution >= 0.6 is 0 Å². The number of halogens is 2. The molecule has 19 heavy (non-hydrogen) atoms. The first-order valence-corrected chi connectivity index (χ1v) is 5.87. The van der Waals surface area contributed by atoms with Crippen molar-refractivity contribution in [3.8, 4) is 0 Å². The van der Waals surface area contributed by atoms with Crippen LogP contribution in [0.2, 0.25) is 0 Å². The minimum Gasteiger partial charge on any atom is -0.392 e. The molecule has 0 bridgehead atoms. The van der Waals surface area contributed by atoms with Gasteiger partial charge in [0.1, 0.15) is 17.5 Å². The molecular weight excluding hydrogens is 250 g/mol. The third-order valence-corrected chi connectivity index (χ3v) is 2.85. The largest absolute Gasteiger partial charge is 0.392 e. The van der Waals surface area contributed by atoms with Gasteiger partial charge in [-0.05, 0) is 23.3 Å². The predicted octanol–water partition coefficient (Wildman–Crippen LogP) is 2.09. The van der Waals surface area contributed by atoms with Gasteiger partial charge in [-0.1, -0.05) is 12.1 Å². The highest BCUT2D eigenvalue weighted by Gasteiger charge is 2.12. The van der Waals surface area contributed by atoms with Gasteiger partial charge < -0.3 is 10.8 Å². The molecule has 0 radical (unpaired) electrons. The Morgan fingerprint density at radius 3 is 2.58 bits per heavy atom. The molecule has 3 nitrogen and oxygen atoms in total. The first kappa shape index (κ1) is 13.4. The highest BCUT2D eigenvalue weighted by molar-refractivity contribution is 5.38. The van der Waals surface area contributed by atoms with E-state index in [1.54, 1.807) is 18.3 Å². The summed E-state index contributed by atoms with van der Waals surface area (Å²) in [7, 11) is 0. The van der Waals surface area contributed by atoms with E-state index in [4.69, 9.17) is 5.73 Å². The van der Waals surface area contributed by atoms with Gasteiger partial charge >= 0.3 is 0 Å². The number of nitrogens with two attached hydrogens (primary N) is 1. The predicted molar refractivity (Wildman–Crippen MR) is 68.4 cm³/mol. The molecule has 0 aliphatic rings. The molecule has 0 saturated heterocycles. The van der Waals surface area contributed by atoms with E-state index in [9.17, 15) is 13.9 Å². The lowest BCUT2D eigenvalue weighted by Gasteiger charge is -2.12. The van der Waals surface area contributed by atoms with Gasteiger partial charge in [0, 0.05) is 25.1 Å². The quantitative estimate of drug-likeness (QED) is 0.889. The van der Waals surface area contributed by atoms with Crippen molar-refractivity contribution in [3.63, 3.8) is 0 Å². The van der Waals surface area contributed by atoms with E-state index >= 15 is 0 Å². The Bertz CT molecular complexity index is 575. The zero-order valence-electron chi connectivity index (χ0n) is 10.2. The van der Waals surface area contributed by atoms with Gasteiger partial charge in [0.2, 0.25) is 0 Å². The Balaban J connectivity index is 2.05. The first-order chi connectivity index (χ1) is 9.06. The van der Waals surface area contributed by atoms with E-state index in [1.807, 2.05) is 0 Å². The van der Waals surface area contributed by atoms with Crippen LogP contribution < -0.4 is 5.73 Å². The minimum absolute atomic E-state index is 0.0977. The lowest BCUT2D eigenvalue weighted by Crippen LogP contribution is -2.16. The third-order valence-electron chi connectivity index (χ3n) is 2.85. The van der Waals surface area contributed by atoms with Crippen molar-refractivity contribution in [1.29, 1.82) is 0 Å². The molecule has 0 saturated carbocycles. The molecule has 1 atom stereocenters. The number of nitrogens with zero attached hydrogens (tertiary/aromatic N) is 1. The zero-order valence-corrected chi connectivity index (χ0v) is 10.2. The van der Waals surface area contributed by atoms with Crippen molar-refractivity contribution in [1.82, 2.24) is 4.98 Å². The second-order valence-electron chi connectivity index (χ2n) is 4.35. The van der Waals surface area contributed by atoms with Crippen molar-refractivity contribution < 1.29 is 13.9 Å². The maximum absolute atomic E-state index is 13.4. The molecular formula is C14H14F2N2O. The topological polar surface area (TPSA) is 59.1 Å². The van der Waals surface area contributed by atoms with Gasteiger partial charge in [-0.25, -0.2) is 13.8 Å². The number of hydrogen-bond acceptors (Lipinski definition) is 3. The summed E-state index contributed by atoms with van der Waals surface area (Å²) in [4.78, 5) is 3.91. The molecule has 5 heteroatoms. The molecule has 2 aromatic rings. The van der Waals surface area contributed by atoms with Gasteiger partial charge in [0.25, 0.3) is 0 Å². The van der Waals surface area contributed by atoms with Gasteiger partial charge in [-0.2, -0.15) is 0 Å². The maximum atomic E-state index is 13.4. The summed E-state index contributed by atoms with van der Waals surface area (Å²) in [5.74, 6) is -0.938. The number of benzene rings is 1. The second kappa shape index (κ2) is 5.75. The van der Waals surface area contributed by atoms with Crippen LogP contribution in [-0.4, -0.2) is 16.2 Å². The fourth-order valence-corrected chi connectivity index (χ4v) is 1.89. The monoisotopic (exact) mass is 264 g/mol. The summed E-state index contributed by atoms with van der Waals surface area (Å²) >= 11 is 0. The lowest BCUT2D eigenvalue weighted by molar-refractivity contribution is 0.174. The van der Waals surface area contributed by atoms with Crippen LogP contribution in [0.25, 0.3) is 0 Å². The Hall–Kier alpha value is -2.01. The highest BCUT2D eigenvalue weighted by Crippen LogP contribution is 2.15. The molecule has 0 aliphatic heterocycles. The van der Waals surface area contributed by atoms with E-state index < -0.39 is 17.7 Å². The van der Waals surface area contributed by atoms with E-state index in [-0.39, 0.29) is 18.4 Å². The number of hydrogen-bond donors (Lipinski definition) is 2. The second-order valence-corrected chi connectivity index (χ2v) is 4.35. The molecule has 0 spiro atoms. The molecule has 1 unspecified atom stereocenters. The molecule has 0 amide bonds. The van der Waals surface area contributed by atoms with Crippen molar-refractivity contribution in [2.75, 3.05) is 5.73 Å². The van der Waals surface area contributed by atoms with Crippen LogP contribution in [-0.2, 0) is 12.8 Å². The van der Waals surface area contributed by atoms with Crippen molar-refractivity contribution in [2.24, 2.45) is 0 Å². The van der Waals surface area contributed by atoms with Crippen LogP contribution in [0.5, 0.6) is 0 Å². The van der Waals surface area contributed by atoms with E-state index in [1.165, 1.54) is 12.1 Å². The van der Waals surface area contributed by atoms with E-state index in [0.29, 0.717) is 11.4 Å². The number of aliphatic hydroxyl groups excluding tert-OH is 1. The number of aromatic nitrogens is 1. The maximum Gasteiger partial charge on any atom is 0.129 e. The highest BCUT2D eigenvalue weighted by atomic mass is 19.1. The minimum atomic E-state index is -0.800. The number of rotatable bonds is 4. The summed E-state index contributed by atoms with van der Waals surface area (Å²) in [5.41, 5.74) is 6.65. The fraction of sp³-hybridized carbons (Fsp3) is 0.214. The van der Waals surface area contributed by atoms with Gasteiger partial charge in [-0.15, -0.1) is 0 Å². The third kappa shape index (κ3) is 3.48. The Kier molecular flexibility index (Phi) is 4.06. The van der Waals surface area contributed by atoms with Gasteiger partial charge in [-0.3, -0.25) is 0 Å². The standard InChI is InChI=1S/C14H14F2N2O/c15-11-4-3-9(13(16)8-11)6-12(19)7-10-2-1-5-18-14(10)17/h1-5,8,12,19H,6-7H2,(H2,17,18). The average molecular weight is 264 g/mol. The number of aliphatic hydroxyl groups is 1. The van der Waals surface area contributed by atoms with Gasteiger partial charge in [0.05, 0.1) is 6.10 Å². The molecule has 2 rings (SSSR count). The molecule has 100 valence electrons. The summed E-state index contributed by atoms with van der Waals surface area (Å²) in [6, 6.07) is 6.79. The number of nitrogen functional groups attached to an aromatic ring is 1. The lowest BCUT2D eigenvalue weighted by atomic mass is 10.0. The Labute approximate surface area is 109 Å². The Morgan fingerprint density at radius 1 is 1.16 bits per heavy atom. The van der Waals surface area contributed by atoms with Crippen LogP contribution in [0, 0.1) is 11.6 Å². The molecule has 1 heterocycles.